The second-order valence-corrected chi connectivity index (χ2v) is 5.14. The Labute approximate surface area is 116 Å². The molecule has 1 heterocycles. The van der Waals surface area contributed by atoms with Crippen LogP contribution in [0, 0.1) is 12.3 Å². The minimum absolute atomic E-state index is 0.0432. The largest absolute Gasteiger partial charge is 0.497 e. The van der Waals surface area contributed by atoms with E-state index in [1.54, 1.807) is 11.8 Å². The van der Waals surface area contributed by atoms with E-state index in [0.29, 0.717) is 5.56 Å². The number of nitrogen functional groups attached to an aromatic ring is 1. The second-order valence-electron chi connectivity index (χ2n) is 4.08. The number of nitrogens with two attached hydrogens (primary N) is 1. The minimum Gasteiger partial charge on any atom is -0.497 e. The van der Waals surface area contributed by atoms with Gasteiger partial charge in [0.25, 0.3) is 0 Å². The molecule has 0 aliphatic rings. The summed E-state index contributed by atoms with van der Waals surface area (Å²) in [6, 6.07) is 7.74. The van der Waals surface area contributed by atoms with E-state index < -0.39 is 0 Å². The number of methoxy groups -OCH3 is 1. The van der Waals surface area contributed by atoms with E-state index >= 15 is 0 Å². The number of hydrogen-bond donors (Lipinski definition) is 2. The normalized spacial score (nSPS) is 10.5. The molecule has 5 nitrogen and oxygen atoms in total. The van der Waals surface area contributed by atoms with Crippen LogP contribution in [0.3, 0.4) is 0 Å². The molecule has 0 fully saturated rings. The lowest BCUT2D eigenvalue weighted by molar-refractivity contribution is 0.414. The van der Waals surface area contributed by atoms with E-state index in [-0.39, 0.29) is 5.84 Å². The van der Waals surface area contributed by atoms with Crippen molar-refractivity contribution in [1.82, 2.24) is 9.78 Å². The molecule has 2 rings (SSSR count). The molecular weight excluding hydrogens is 260 g/mol. The van der Waals surface area contributed by atoms with Crippen molar-refractivity contribution in [1.29, 1.82) is 5.41 Å². The highest BCUT2D eigenvalue weighted by atomic mass is 32.2. The van der Waals surface area contributed by atoms with Gasteiger partial charge in [-0.25, -0.2) is 0 Å². The molecule has 0 unspecified atom stereocenters. The van der Waals surface area contributed by atoms with Crippen molar-refractivity contribution in [2.75, 3.05) is 7.11 Å². The van der Waals surface area contributed by atoms with E-state index in [9.17, 15) is 0 Å². The topological polar surface area (TPSA) is 76.9 Å². The monoisotopic (exact) mass is 276 g/mol. The number of nitrogens with zero attached hydrogens (tertiary/aromatic N) is 2. The van der Waals surface area contributed by atoms with Gasteiger partial charge in [-0.1, -0.05) is 11.8 Å². The van der Waals surface area contributed by atoms with Gasteiger partial charge in [-0.05, 0) is 31.2 Å². The standard InChI is InChI=1S/C13H16N4OS/c1-8-11(12(14)15)13(17(2)16-8)19-10-6-4-9(18-3)5-7-10/h4-7H,1-3H3,(H3,14,15). The summed E-state index contributed by atoms with van der Waals surface area (Å²) in [5.74, 6) is 0.860. The molecule has 0 aliphatic carbocycles. The molecule has 6 heteroatoms. The van der Waals surface area contributed by atoms with Crippen LogP contribution in [0.25, 0.3) is 0 Å². The summed E-state index contributed by atoms with van der Waals surface area (Å²) in [7, 11) is 3.49. The number of ether oxygens (including phenoxy) is 1. The lowest BCUT2D eigenvalue weighted by Crippen LogP contribution is -2.13. The van der Waals surface area contributed by atoms with Crippen LogP contribution in [0.4, 0.5) is 0 Å². The lowest BCUT2D eigenvalue weighted by Gasteiger charge is -2.06. The van der Waals surface area contributed by atoms with E-state index in [1.807, 2.05) is 38.2 Å². The van der Waals surface area contributed by atoms with Crippen LogP contribution in [-0.4, -0.2) is 22.7 Å². The summed E-state index contributed by atoms with van der Waals surface area (Å²) in [5.41, 5.74) is 7.09. The van der Waals surface area contributed by atoms with Crippen LogP contribution >= 0.6 is 11.8 Å². The highest BCUT2D eigenvalue weighted by molar-refractivity contribution is 7.99. The van der Waals surface area contributed by atoms with Crippen molar-refractivity contribution in [2.45, 2.75) is 16.8 Å². The molecular formula is C13H16N4OS. The number of amidine groups is 1. The van der Waals surface area contributed by atoms with Crippen molar-refractivity contribution < 1.29 is 4.74 Å². The van der Waals surface area contributed by atoms with E-state index in [2.05, 4.69) is 5.10 Å². The van der Waals surface area contributed by atoms with Crippen LogP contribution in [0.2, 0.25) is 0 Å². The Balaban J connectivity index is 2.34. The fourth-order valence-electron chi connectivity index (χ4n) is 1.82. The molecule has 0 spiro atoms. The second kappa shape index (κ2) is 5.36. The first-order chi connectivity index (χ1) is 9.02. The Morgan fingerprint density at radius 3 is 2.53 bits per heavy atom. The van der Waals surface area contributed by atoms with Crippen molar-refractivity contribution in [2.24, 2.45) is 12.8 Å². The molecule has 0 saturated carbocycles. The Morgan fingerprint density at radius 2 is 2.00 bits per heavy atom. The summed E-state index contributed by atoms with van der Waals surface area (Å²) >= 11 is 1.53. The zero-order valence-electron chi connectivity index (χ0n) is 11.1. The molecule has 0 bridgehead atoms. The minimum atomic E-state index is 0.0432. The van der Waals surface area contributed by atoms with Crippen LogP contribution < -0.4 is 10.5 Å². The zero-order chi connectivity index (χ0) is 14.0. The Morgan fingerprint density at radius 1 is 1.37 bits per heavy atom. The van der Waals surface area contributed by atoms with E-state index in [1.165, 1.54) is 11.8 Å². The molecule has 3 N–H and O–H groups in total. The molecule has 1 aromatic heterocycles. The van der Waals surface area contributed by atoms with Gasteiger partial charge in [-0.15, -0.1) is 0 Å². The molecule has 0 radical (unpaired) electrons. The van der Waals surface area contributed by atoms with Gasteiger partial charge < -0.3 is 10.5 Å². The predicted molar refractivity (Wildman–Crippen MR) is 76.1 cm³/mol. The number of aromatic nitrogens is 2. The van der Waals surface area contributed by atoms with Crippen molar-refractivity contribution in [3.05, 3.63) is 35.5 Å². The van der Waals surface area contributed by atoms with Crippen molar-refractivity contribution in [3.63, 3.8) is 0 Å². The maximum absolute atomic E-state index is 7.65. The molecule has 0 amide bonds. The molecule has 2 aromatic rings. The summed E-state index contributed by atoms with van der Waals surface area (Å²) in [6.07, 6.45) is 0. The van der Waals surface area contributed by atoms with Gasteiger partial charge in [0.15, 0.2) is 0 Å². The van der Waals surface area contributed by atoms with Crippen LogP contribution in [-0.2, 0) is 7.05 Å². The van der Waals surface area contributed by atoms with Gasteiger partial charge in [0.05, 0.1) is 18.4 Å². The molecule has 0 atom stereocenters. The number of aryl methyl sites for hydroxylation is 2. The fourth-order valence-corrected chi connectivity index (χ4v) is 2.85. The summed E-state index contributed by atoms with van der Waals surface area (Å²) in [5, 5.41) is 12.8. The Bertz CT molecular complexity index is 604. The van der Waals surface area contributed by atoms with Crippen molar-refractivity contribution in [3.8, 4) is 5.75 Å². The maximum atomic E-state index is 7.65. The van der Waals surface area contributed by atoms with Gasteiger partial charge in [0.2, 0.25) is 0 Å². The smallest absolute Gasteiger partial charge is 0.127 e. The number of hydrogen-bond acceptors (Lipinski definition) is 4. The number of rotatable bonds is 4. The average Bonchev–Trinajstić information content (AvgIpc) is 2.65. The first kappa shape index (κ1) is 13.5. The third-order valence-electron chi connectivity index (χ3n) is 2.71. The molecule has 0 saturated heterocycles. The Hall–Kier alpha value is -1.95. The molecule has 1 aromatic carbocycles. The first-order valence-corrected chi connectivity index (χ1v) is 6.54. The average molecular weight is 276 g/mol. The van der Waals surface area contributed by atoms with Crippen LogP contribution in [0.5, 0.6) is 5.75 Å². The van der Waals surface area contributed by atoms with Crippen LogP contribution in [0.15, 0.2) is 34.2 Å². The quantitative estimate of drug-likeness (QED) is 0.663. The number of benzene rings is 1. The van der Waals surface area contributed by atoms with Crippen LogP contribution in [0.1, 0.15) is 11.3 Å². The van der Waals surface area contributed by atoms with Gasteiger partial charge >= 0.3 is 0 Å². The lowest BCUT2D eigenvalue weighted by atomic mass is 10.2. The first-order valence-electron chi connectivity index (χ1n) is 5.73. The molecule has 0 aliphatic heterocycles. The third-order valence-corrected chi connectivity index (χ3v) is 3.88. The maximum Gasteiger partial charge on any atom is 0.127 e. The van der Waals surface area contributed by atoms with Gasteiger partial charge in [0, 0.05) is 11.9 Å². The van der Waals surface area contributed by atoms with Gasteiger partial charge in [0.1, 0.15) is 16.6 Å². The highest BCUT2D eigenvalue weighted by Crippen LogP contribution is 2.32. The predicted octanol–water partition coefficient (Wildman–Crippen LogP) is 2.17. The van der Waals surface area contributed by atoms with Gasteiger partial charge in [-0.3, -0.25) is 10.1 Å². The van der Waals surface area contributed by atoms with Gasteiger partial charge in [-0.2, -0.15) is 5.10 Å². The highest BCUT2D eigenvalue weighted by Gasteiger charge is 2.16. The van der Waals surface area contributed by atoms with E-state index in [4.69, 9.17) is 15.9 Å². The third kappa shape index (κ3) is 2.73. The zero-order valence-corrected chi connectivity index (χ0v) is 11.9. The summed E-state index contributed by atoms with van der Waals surface area (Å²) in [4.78, 5) is 1.05. The summed E-state index contributed by atoms with van der Waals surface area (Å²) < 4.78 is 6.88. The Kier molecular flexibility index (Phi) is 3.80. The van der Waals surface area contributed by atoms with Crippen molar-refractivity contribution >= 4 is 17.6 Å². The fraction of sp³-hybridized carbons (Fsp3) is 0.231. The number of nitrogens with one attached hydrogen (secondary N) is 1. The SMILES string of the molecule is COc1ccc(Sc2c(C(=N)N)c(C)nn2C)cc1. The summed E-state index contributed by atoms with van der Waals surface area (Å²) in [6.45, 7) is 1.86. The molecule has 100 valence electrons. The molecule has 19 heavy (non-hydrogen) atoms. The van der Waals surface area contributed by atoms with E-state index in [0.717, 1.165) is 21.4 Å².